The van der Waals surface area contributed by atoms with Crippen LogP contribution in [0.2, 0.25) is 0 Å². The molecule has 0 saturated heterocycles. The number of fused-ring (bicyclic) bond motifs is 1. The Hall–Kier alpha value is -3.81. The lowest BCUT2D eigenvalue weighted by Gasteiger charge is -2.53. The Labute approximate surface area is 234 Å². The molecule has 4 aliphatic carbocycles. The normalized spacial score (nSPS) is 26.2. The Morgan fingerprint density at radius 1 is 0.925 bits per heavy atom. The average Bonchev–Trinajstić information content (AvgIpc) is 3.35. The molecule has 8 heteroatoms. The third kappa shape index (κ3) is 5.58. The van der Waals surface area contributed by atoms with E-state index in [4.69, 9.17) is 9.47 Å². The lowest BCUT2D eigenvalue weighted by Crippen LogP contribution is -2.60. The predicted molar refractivity (Wildman–Crippen MR) is 150 cm³/mol. The quantitative estimate of drug-likeness (QED) is 0.333. The van der Waals surface area contributed by atoms with E-state index in [1.54, 1.807) is 6.92 Å². The fraction of sp³-hybridized carbons (Fsp3) is 0.469. The zero-order chi connectivity index (χ0) is 27.7. The standard InChI is InChI=1S/C32H37N3O5/c1-32(16-25-17-33-27-10-6-5-9-26(25)27,30(37)34-18-28(36)39-19-20-7-3-2-4-8-20)35-31(38)40-29-23-12-21-11-22(14-23)15-24(29)13-21/h2-10,17,21-24,29,33H,11-16,18-19H2,1H3,(H,34,37)(H,35,38). The van der Waals surface area contributed by atoms with Crippen molar-refractivity contribution in [2.24, 2.45) is 23.7 Å². The average molecular weight is 544 g/mol. The van der Waals surface area contributed by atoms with Gasteiger partial charge in [-0.25, -0.2) is 4.79 Å². The van der Waals surface area contributed by atoms with Gasteiger partial charge in [-0.1, -0.05) is 48.5 Å². The summed E-state index contributed by atoms with van der Waals surface area (Å²) in [6, 6.07) is 17.2. The lowest BCUT2D eigenvalue weighted by molar-refractivity contribution is -0.145. The van der Waals surface area contributed by atoms with E-state index >= 15 is 0 Å². The number of rotatable bonds is 9. The summed E-state index contributed by atoms with van der Waals surface area (Å²) in [7, 11) is 0. The van der Waals surface area contributed by atoms with Gasteiger partial charge in [0.1, 0.15) is 24.8 Å². The molecule has 2 aromatic carbocycles. The number of para-hydroxylation sites is 1. The number of esters is 1. The van der Waals surface area contributed by atoms with E-state index < -0.39 is 23.5 Å². The molecule has 0 spiro atoms. The molecule has 4 aliphatic rings. The number of alkyl carbamates (subject to hydrolysis) is 1. The van der Waals surface area contributed by atoms with Crippen molar-refractivity contribution in [1.29, 1.82) is 0 Å². The maximum Gasteiger partial charge on any atom is 0.408 e. The Bertz CT molecular complexity index is 1360. The van der Waals surface area contributed by atoms with E-state index in [-0.39, 0.29) is 25.7 Å². The molecule has 1 aromatic heterocycles. The predicted octanol–water partition coefficient (Wildman–Crippen LogP) is 4.88. The van der Waals surface area contributed by atoms with E-state index in [0.717, 1.165) is 59.5 Å². The van der Waals surface area contributed by atoms with Gasteiger partial charge in [-0.2, -0.15) is 0 Å². The SMILES string of the molecule is CC(Cc1c[nH]c2ccccc12)(NC(=O)OC1C2CC3CC(C2)CC1C3)C(=O)NCC(=O)OCc1ccccc1. The summed E-state index contributed by atoms with van der Waals surface area (Å²) in [4.78, 5) is 42.6. The molecule has 0 radical (unpaired) electrons. The van der Waals surface area contributed by atoms with E-state index in [0.29, 0.717) is 11.8 Å². The Morgan fingerprint density at radius 3 is 2.33 bits per heavy atom. The topological polar surface area (TPSA) is 110 Å². The maximum absolute atomic E-state index is 13.6. The smallest absolute Gasteiger partial charge is 0.408 e. The van der Waals surface area contributed by atoms with E-state index in [1.807, 2.05) is 60.8 Å². The zero-order valence-electron chi connectivity index (χ0n) is 22.9. The first kappa shape index (κ1) is 26.4. The van der Waals surface area contributed by atoms with Gasteiger partial charge in [0.2, 0.25) is 5.91 Å². The molecule has 1 atom stereocenters. The summed E-state index contributed by atoms with van der Waals surface area (Å²) in [5.74, 6) is 1.33. The zero-order valence-corrected chi connectivity index (χ0v) is 22.9. The Balaban J connectivity index is 1.13. The van der Waals surface area contributed by atoms with Crippen molar-refractivity contribution in [1.82, 2.24) is 15.6 Å². The highest BCUT2D eigenvalue weighted by atomic mass is 16.6. The minimum atomic E-state index is -1.35. The van der Waals surface area contributed by atoms with Gasteiger partial charge in [-0.05, 0) is 79.9 Å². The molecule has 2 amide bonds. The number of H-pyrrole nitrogens is 1. The highest BCUT2D eigenvalue weighted by molar-refractivity contribution is 5.93. The number of carbonyl (C=O) groups is 3. The molecule has 4 saturated carbocycles. The van der Waals surface area contributed by atoms with Crippen LogP contribution in [0.4, 0.5) is 4.79 Å². The van der Waals surface area contributed by atoms with Crippen LogP contribution < -0.4 is 10.6 Å². The number of carbonyl (C=O) groups excluding carboxylic acids is 3. The molecule has 8 nitrogen and oxygen atoms in total. The summed E-state index contributed by atoms with van der Waals surface area (Å²) in [6.07, 6.45) is 7.23. The van der Waals surface area contributed by atoms with Crippen molar-refractivity contribution >= 4 is 28.9 Å². The van der Waals surface area contributed by atoms with Crippen LogP contribution in [0.25, 0.3) is 10.9 Å². The molecule has 3 aromatic rings. The summed E-state index contributed by atoms with van der Waals surface area (Å²) < 4.78 is 11.4. The fourth-order valence-electron chi connectivity index (χ4n) is 7.42. The second kappa shape index (κ2) is 11.0. The first-order chi connectivity index (χ1) is 19.4. The van der Waals surface area contributed by atoms with Crippen LogP contribution in [0, 0.1) is 23.7 Å². The van der Waals surface area contributed by atoms with Crippen molar-refractivity contribution in [3.05, 3.63) is 71.9 Å². The first-order valence-corrected chi connectivity index (χ1v) is 14.4. The molecule has 4 fully saturated rings. The molecular weight excluding hydrogens is 506 g/mol. The van der Waals surface area contributed by atoms with Crippen molar-refractivity contribution in [3.8, 4) is 0 Å². The minimum absolute atomic E-state index is 0.0961. The van der Waals surface area contributed by atoms with Crippen LogP contribution in [-0.2, 0) is 32.1 Å². The van der Waals surface area contributed by atoms with Crippen LogP contribution in [0.1, 0.15) is 50.2 Å². The van der Waals surface area contributed by atoms with Crippen molar-refractivity contribution in [2.45, 2.75) is 63.7 Å². The number of hydrogen-bond acceptors (Lipinski definition) is 5. The third-order valence-corrected chi connectivity index (χ3v) is 9.12. The third-order valence-electron chi connectivity index (χ3n) is 9.12. The summed E-state index contributed by atoms with van der Waals surface area (Å²) in [5.41, 5.74) is 1.34. The van der Waals surface area contributed by atoms with Gasteiger partial charge in [0.15, 0.2) is 0 Å². The van der Waals surface area contributed by atoms with E-state index in [9.17, 15) is 14.4 Å². The van der Waals surface area contributed by atoms with Crippen LogP contribution in [-0.4, -0.2) is 41.1 Å². The van der Waals surface area contributed by atoms with Gasteiger partial charge < -0.3 is 25.1 Å². The summed E-state index contributed by atoms with van der Waals surface area (Å²) in [6.45, 7) is 1.50. The number of ether oxygens (including phenoxy) is 2. The first-order valence-electron chi connectivity index (χ1n) is 14.4. The fourth-order valence-corrected chi connectivity index (χ4v) is 7.42. The minimum Gasteiger partial charge on any atom is -0.460 e. The van der Waals surface area contributed by atoms with E-state index in [1.165, 1.54) is 6.42 Å². The van der Waals surface area contributed by atoms with Gasteiger partial charge >= 0.3 is 12.1 Å². The van der Waals surface area contributed by atoms with Crippen molar-refractivity contribution < 1.29 is 23.9 Å². The number of aromatic nitrogens is 1. The highest BCUT2D eigenvalue weighted by Crippen LogP contribution is 2.54. The van der Waals surface area contributed by atoms with Gasteiger partial charge in [0.25, 0.3) is 0 Å². The second-order valence-electron chi connectivity index (χ2n) is 12.1. The number of hydrogen-bond donors (Lipinski definition) is 3. The number of benzene rings is 2. The lowest BCUT2D eigenvalue weighted by atomic mass is 9.55. The molecule has 3 N–H and O–H groups in total. The molecule has 1 unspecified atom stereocenters. The molecule has 4 bridgehead atoms. The number of nitrogens with one attached hydrogen (secondary N) is 3. The maximum atomic E-state index is 13.6. The van der Waals surface area contributed by atoms with Gasteiger partial charge in [-0.3, -0.25) is 9.59 Å². The van der Waals surface area contributed by atoms with Gasteiger partial charge in [0, 0.05) is 23.5 Å². The second-order valence-corrected chi connectivity index (χ2v) is 12.1. The molecule has 0 aliphatic heterocycles. The summed E-state index contributed by atoms with van der Waals surface area (Å²) >= 11 is 0. The van der Waals surface area contributed by atoms with Crippen LogP contribution in [0.15, 0.2) is 60.8 Å². The van der Waals surface area contributed by atoms with Crippen molar-refractivity contribution in [3.63, 3.8) is 0 Å². The monoisotopic (exact) mass is 543 g/mol. The largest absolute Gasteiger partial charge is 0.460 e. The molecule has 1 heterocycles. The molecular formula is C32H37N3O5. The Kier molecular flexibility index (Phi) is 7.26. The highest BCUT2D eigenvalue weighted by Gasteiger charge is 2.50. The van der Waals surface area contributed by atoms with E-state index in [2.05, 4.69) is 15.6 Å². The van der Waals surface area contributed by atoms with Gasteiger partial charge in [0.05, 0.1) is 0 Å². The van der Waals surface area contributed by atoms with Crippen LogP contribution >= 0.6 is 0 Å². The molecule has 7 rings (SSSR count). The number of aromatic amines is 1. The van der Waals surface area contributed by atoms with Crippen LogP contribution in [0.3, 0.4) is 0 Å². The van der Waals surface area contributed by atoms with Gasteiger partial charge in [-0.15, -0.1) is 0 Å². The molecule has 210 valence electrons. The molecule has 40 heavy (non-hydrogen) atoms. The van der Waals surface area contributed by atoms with Crippen molar-refractivity contribution in [2.75, 3.05) is 6.54 Å². The Morgan fingerprint density at radius 2 is 1.60 bits per heavy atom. The summed E-state index contributed by atoms with van der Waals surface area (Å²) in [5, 5.41) is 6.56. The van der Waals surface area contributed by atoms with Crippen LogP contribution in [0.5, 0.6) is 0 Å². The number of amides is 2.